The molecular weight excluding hydrogens is 985 g/mol. The molecule has 4 heterocycles. The van der Waals surface area contributed by atoms with Crippen LogP contribution in [0.3, 0.4) is 0 Å². The van der Waals surface area contributed by atoms with E-state index in [1.807, 2.05) is 11.8 Å². The van der Waals surface area contributed by atoms with Gasteiger partial charge in [0.15, 0.2) is 6.17 Å². The Balaban J connectivity index is 0.000000153. The van der Waals surface area contributed by atoms with Crippen molar-refractivity contribution in [3.05, 3.63) is 38.4 Å². The van der Waals surface area contributed by atoms with Gasteiger partial charge in [-0.1, -0.05) is 6.92 Å². The molecule has 4 saturated heterocycles. The Morgan fingerprint density at radius 3 is 1.46 bits per heavy atom. The van der Waals surface area contributed by atoms with Gasteiger partial charge in [-0.2, -0.15) is 0 Å². The van der Waals surface area contributed by atoms with Gasteiger partial charge in [-0.25, -0.2) is 4.39 Å². The summed E-state index contributed by atoms with van der Waals surface area (Å²) in [6.45, 7) is 1.80. The highest BCUT2D eigenvalue weighted by Gasteiger charge is 2.64. The molecule has 29 atom stereocenters. The number of epoxide rings is 2. The number of fused-ring (bicyclic) bond motifs is 4. The molecule has 412 valence electrons. The lowest BCUT2D eigenvalue weighted by Crippen LogP contribution is -2.58. The minimum absolute atomic E-state index is 0.00315. The molecular formula is C41H64FN3O27. The highest BCUT2D eigenvalue weighted by Crippen LogP contribution is 2.50. The number of halogens is 1. The van der Waals surface area contributed by atoms with E-state index in [1.165, 1.54) is 0 Å². The lowest BCUT2D eigenvalue weighted by atomic mass is 9.83. The Labute approximate surface area is 406 Å². The monoisotopic (exact) mass is 1050 g/mol. The van der Waals surface area contributed by atoms with Crippen molar-refractivity contribution in [2.24, 2.45) is 17.8 Å². The Hall–Kier alpha value is -3.17. The van der Waals surface area contributed by atoms with Crippen LogP contribution in [0.25, 0.3) is 0 Å². The van der Waals surface area contributed by atoms with Crippen LogP contribution in [-0.4, -0.2) is 290 Å². The van der Waals surface area contributed by atoms with E-state index in [1.54, 1.807) is 0 Å². The number of benzene rings is 1. The van der Waals surface area contributed by atoms with Crippen molar-refractivity contribution in [3.63, 3.8) is 0 Å². The highest BCUT2D eigenvalue weighted by molar-refractivity contribution is 5.53. The summed E-state index contributed by atoms with van der Waals surface area (Å²) in [4.78, 5) is 21.8. The van der Waals surface area contributed by atoms with Crippen LogP contribution in [0.15, 0.2) is 18.2 Å². The van der Waals surface area contributed by atoms with Crippen molar-refractivity contribution in [1.29, 1.82) is 0 Å². The maximum absolute atomic E-state index is 14.0. The molecule has 1 aromatic carbocycles. The second-order valence-corrected chi connectivity index (χ2v) is 19.1. The average Bonchev–Trinajstić information content (AvgIpc) is 4.15. The highest BCUT2D eigenvalue weighted by atomic mass is 19.1. The van der Waals surface area contributed by atoms with Crippen molar-refractivity contribution in [3.8, 4) is 5.75 Å². The summed E-state index contributed by atoms with van der Waals surface area (Å²) < 4.78 is 33.8. The number of nitro benzene ring substituents is 2. The molecule has 5 aliphatic carbocycles. The van der Waals surface area contributed by atoms with Crippen LogP contribution in [0.4, 0.5) is 15.8 Å². The number of alkyl halides is 1. The summed E-state index contributed by atoms with van der Waals surface area (Å²) in [6, 6.07) is 2.07. The molecule has 10 rings (SSSR count). The van der Waals surface area contributed by atoms with Crippen LogP contribution >= 0.6 is 0 Å². The fourth-order valence-electron chi connectivity index (χ4n) is 9.83. The first-order chi connectivity index (χ1) is 33.8. The molecule has 4 aliphatic heterocycles. The fourth-order valence-corrected chi connectivity index (χ4v) is 9.83. The van der Waals surface area contributed by atoms with Crippen LogP contribution in [-0.2, 0) is 14.2 Å². The second-order valence-electron chi connectivity index (χ2n) is 19.1. The van der Waals surface area contributed by atoms with Crippen LogP contribution in [0.1, 0.15) is 19.8 Å². The van der Waals surface area contributed by atoms with Gasteiger partial charge in [0.1, 0.15) is 97.7 Å². The predicted molar refractivity (Wildman–Crippen MR) is 227 cm³/mol. The number of ether oxygens (including phenoxy) is 4. The van der Waals surface area contributed by atoms with Crippen LogP contribution in [0.2, 0.25) is 0 Å². The molecule has 30 nitrogen and oxygen atoms in total. The normalized spacial score (nSPS) is 49.7. The van der Waals surface area contributed by atoms with Crippen molar-refractivity contribution >= 4 is 11.4 Å². The van der Waals surface area contributed by atoms with Gasteiger partial charge in [-0.3, -0.25) is 25.1 Å². The molecule has 5 unspecified atom stereocenters. The first-order valence-corrected chi connectivity index (χ1v) is 23.0. The number of nitrogens with zero attached hydrogens (tertiary/aromatic N) is 3. The number of hydrogen-bond donors (Lipinski definition) is 19. The molecule has 9 aliphatic rings. The Bertz CT molecular complexity index is 1890. The number of aliphatic hydroxyl groups is 19. The molecule has 9 fully saturated rings. The third-order valence-corrected chi connectivity index (χ3v) is 14.4. The van der Waals surface area contributed by atoms with E-state index in [0.717, 1.165) is 31.5 Å². The predicted octanol–water partition coefficient (Wildman–Crippen LogP) is -9.69. The van der Waals surface area contributed by atoms with Crippen LogP contribution in [0.5, 0.6) is 5.75 Å². The van der Waals surface area contributed by atoms with Gasteiger partial charge in [-0.15, -0.1) is 0 Å². The summed E-state index contributed by atoms with van der Waals surface area (Å²) in [5, 5.41) is 198. The van der Waals surface area contributed by atoms with E-state index in [9.17, 15) is 80.8 Å². The lowest BCUT2D eigenvalue weighted by molar-refractivity contribution is -0.395. The zero-order valence-electron chi connectivity index (χ0n) is 38.0. The van der Waals surface area contributed by atoms with Gasteiger partial charge in [0.05, 0.1) is 77.8 Å². The molecule has 19 N–H and O–H groups in total. The third-order valence-electron chi connectivity index (χ3n) is 14.4. The molecule has 0 aromatic heterocycles. The minimum Gasteiger partial charge on any atom is -0.454 e. The summed E-state index contributed by atoms with van der Waals surface area (Å²) in [5.41, 5.74) is -1.37. The van der Waals surface area contributed by atoms with Gasteiger partial charge >= 0.3 is 5.69 Å². The van der Waals surface area contributed by atoms with Crippen molar-refractivity contribution in [2.45, 2.75) is 179 Å². The molecule has 31 heteroatoms. The molecule has 0 bridgehead atoms. The summed E-state index contributed by atoms with van der Waals surface area (Å²) in [7, 11) is 0. The number of hydrogen-bond acceptors (Lipinski definition) is 28. The van der Waals surface area contributed by atoms with Crippen molar-refractivity contribution < 1.29 is 130 Å². The Kier molecular flexibility index (Phi) is 18.9. The lowest BCUT2D eigenvalue weighted by Gasteiger charge is -2.38. The molecule has 72 heavy (non-hydrogen) atoms. The quantitative estimate of drug-likeness (QED) is 0.0653. The number of aliphatic hydroxyl groups excluding tert-OH is 19. The van der Waals surface area contributed by atoms with E-state index in [2.05, 4.69) is 0 Å². The first-order valence-electron chi connectivity index (χ1n) is 23.0. The topological polar surface area (TPSA) is 517 Å². The van der Waals surface area contributed by atoms with Gasteiger partial charge < -0.3 is 116 Å². The van der Waals surface area contributed by atoms with Gasteiger partial charge in [0, 0.05) is 12.0 Å². The van der Waals surface area contributed by atoms with E-state index >= 15 is 0 Å². The molecule has 0 radical (unpaired) electrons. The summed E-state index contributed by atoms with van der Waals surface area (Å²) in [6.07, 6.45) is -25.6. The van der Waals surface area contributed by atoms with Crippen molar-refractivity contribution in [1.82, 2.24) is 4.90 Å². The zero-order valence-corrected chi connectivity index (χ0v) is 38.0. The van der Waals surface area contributed by atoms with E-state index in [4.69, 9.17) is 59.8 Å². The fraction of sp³-hybridized carbons (Fsp3) is 0.854. The number of non-ortho nitro benzene ring substituents is 1. The molecule has 1 aromatic rings. The smallest absolute Gasteiger partial charge is 0.317 e. The SMILES string of the molecule is CCCN1C2C1[C@H](O)[C@@H](O)[C@H](O)[C@H]2O.O=[N+]([O-])c1ccc(OC2O[C@H](CO)[C@@H](O)[C@H](O)[C@H]2F)c([N+](=O)[O-])c1.OC[C@@H]1[C@@H](O)[C@H](O)[C@@H](O)[C@@H]2O[C@H]12.O[C@H]1[C@H](O)[C@@H](O)C2CC2[C@@H]1O.O[C@H]1[C@H](O)[C@@H](O)[C@@H]2O[C@@H]2[C@@H]1O. The van der Waals surface area contributed by atoms with Gasteiger partial charge in [-0.05, 0) is 37.3 Å². The largest absolute Gasteiger partial charge is 0.454 e. The van der Waals surface area contributed by atoms with E-state index in [-0.39, 0.29) is 36.6 Å². The standard InChI is InChI=1S/C12H13FN2O9.C9H17NO4.C7H12O5.C7H12O4.C6H10O5/c13-9-11(18)10(17)8(4-16)24-12(9)23-7-2-1-5(14(19)20)3-6(7)15(21)22;1-2-3-10-4-5(10)7(12)9(14)8(13)6(4)11;8-1-2-3(9)4(10)5(11)7-6(2)12-7;8-4-2-1-3(2)5(9)7(11)6(4)10;7-1-2(8)4(10)6-5(11-6)3(1)9/h1-3,8-12,16-18H,4H2;4-9,11-14H,2-3H2,1H3;2-11H,1H2;2-11H,1H2;1-10H/t8-,9-,10-,11-,12?;4?,5?,6-,7-,8+,9+,10?;2-,3-,4+,5-,6-,7+;2?,3?,4-,5-,6+,7+;1-,2-,3+,4+,5-,6+/m10100/s1. The maximum atomic E-state index is 14.0. The third kappa shape index (κ3) is 11.8. The molecule has 0 spiro atoms. The van der Waals surface area contributed by atoms with E-state index < -0.39 is 180 Å². The summed E-state index contributed by atoms with van der Waals surface area (Å²) >= 11 is 0. The van der Waals surface area contributed by atoms with Gasteiger partial charge in [0.2, 0.25) is 12.0 Å². The van der Waals surface area contributed by atoms with E-state index in [0.29, 0.717) is 6.07 Å². The van der Waals surface area contributed by atoms with Crippen molar-refractivity contribution in [2.75, 3.05) is 19.8 Å². The number of likely N-dealkylation sites (tertiary alicyclic amines) is 1. The van der Waals surface area contributed by atoms with Crippen LogP contribution in [0, 0.1) is 38.0 Å². The second kappa shape index (κ2) is 23.4. The Morgan fingerprint density at radius 2 is 1.01 bits per heavy atom. The number of nitro groups is 2. The molecule has 5 saturated carbocycles. The zero-order chi connectivity index (χ0) is 53.7. The minimum atomic E-state index is -2.27. The first kappa shape index (κ1) is 58.1. The average molecular weight is 1050 g/mol. The summed E-state index contributed by atoms with van der Waals surface area (Å²) in [5.74, 6) is -0.987. The van der Waals surface area contributed by atoms with Gasteiger partial charge in [0.25, 0.3) is 5.69 Å². The maximum Gasteiger partial charge on any atom is 0.317 e. The Morgan fingerprint density at radius 1 is 0.569 bits per heavy atom. The molecule has 0 amide bonds. The van der Waals surface area contributed by atoms with Crippen LogP contribution < -0.4 is 4.74 Å². The number of rotatable bonds is 8.